The van der Waals surface area contributed by atoms with Gasteiger partial charge in [0.1, 0.15) is 5.75 Å². The van der Waals surface area contributed by atoms with E-state index in [1.54, 1.807) is 18.3 Å². The predicted octanol–water partition coefficient (Wildman–Crippen LogP) is 4.04. The van der Waals surface area contributed by atoms with E-state index in [-0.39, 0.29) is 5.75 Å². The smallest absolute Gasteiger partial charge is 0.227 e. The molecule has 5 heteroatoms. The van der Waals surface area contributed by atoms with Gasteiger partial charge >= 0.3 is 0 Å². The molecule has 1 heterocycles. The third-order valence-electron chi connectivity index (χ3n) is 3.01. The number of para-hydroxylation sites is 1. The van der Waals surface area contributed by atoms with Crippen LogP contribution in [0.4, 0.5) is 11.6 Å². The van der Waals surface area contributed by atoms with Gasteiger partial charge in [-0.05, 0) is 24.6 Å². The Morgan fingerprint density at radius 3 is 2.85 bits per heavy atom. The predicted molar refractivity (Wildman–Crippen MR) is 80.7 cm³/mol. The van der Waals surface area contributed by atoms with Gasteiger partial charge in [-0.3, -0.25) is 0 Å². The van der Waals surface area contributed by atoms with Crippen LogP contribution in [0.1, 0.15) is 5.56 Å². The Labute approximate surface area is 121 Å². The molecular formula is C15H12ClN3O. The molecule has 20 heavy (non-hydrogen) atoms. The highest BCUT2D eigenvalue weighted by atomic mass is 35.5. The second-order valence-corrected chi connectivity index (χ2v) is 4.90. The SMILES string of the molecule is Cc1cccc2cnc(Nc3ccc(Cl)c(O)c3)nc12. The van der Waals surface area contributed by atoms with Crippen LogP contribution in [-0.2, 0) is 0 Å². The molecule has 0 aliphatic rings. The summed E-state index contributed by atoms with van der Waals surface area (Å²) in [6, 6.07) is 10.9. The zero-order valence-corrected chi connectivity index (χ0v) is 11.5. The number of anilines is 2. The quantitative estimate of drug-likeness (QED) is 0.746. The number of phenolic OH excluding ortho intramolecular Hbond substituents is 1. The lowest BCUT2D eigenvalue weighted by Gasteiger charge is -2.07. The van der Waals surface area contributed by atoms with E-state index in [0.29, 0.717) is 16.7 Å². The van der Waals surface area contributed by atoms with Crippen molar-refractivity contribution in [2.75, 3.05) is 5.32 Å². The molecule has 0 atom stereocenters. The van der Waals surface area contributed by atoms with Crippen molar-refractivity contribution in [3.63, 3.8) is 0 Å². The molecule has 0 bridgehead atoms. The first-order valence-corrected chi connectivity index (χ1v) is 6.49. The minimum Gasteiger partial charge on any atom is -0.506 e. The summed E-state index contributed by atoms with van der Waals surface area (Å²) < 4.78 is 0. The van der Waals surface area contributed by atoms with Crippen LogP contribution in [0.3, 0.4) is 0 Å². The van der Waals surface area contributed by atoms with Crippen molar-refractivity contribution in [2.45, 2.75) is 6.92 Å². The average molecular weight is 286 g/mol. The van der Waals surface area contributed by atoms with Crippen LogP contribution in [-0.4, -0.2) is 15.1 Å². The van der Waals surface area contributed by atoms with Gasteiger partial charge in [-0.25, -0.2) is 9.97 Å². The van der Waals surface area contributed by atoms with Gasteiger partial charge in [0.2, 0.25) is 5.95 Å². The maximum Gasteiger partial charge on any atom is 0.227 e. The van der Waals surface area contributed by atoms with Gasteiger partial charge in [0.05, 0.1) is 10.5 Å². The summed E-state index contributed by atoms with van der Waals surface area (Å²) in [5, 5.41) is 13.9. The number of aromatic hydroxyl groups is 1. The molecule has 0 unspecified atom stereocenters. The van der Waals surface area contributed by atoms with Crippen LogP contribution in [0, 0.1) is 6.92 Å². The lowest BCUT2D eigenvalue weighted by atomic mass is 10.1. The van der Waals surface area contributed by atoms with E-state index in [1.165, 1.54) is 6.07 Å². The molecule has 0 amide bonds. The van der Waals surface area contributed by atoms with Crippen LogP contribution < -0.4 is 5.32 Å². The van der Waals surface area contributed by atoms with Gasteiger partial charge in [0, 0.05) is 23.3 Å². The maximum atomic E-state index is 9.58. The number of benzene rings is 2. The molecule has 100 valence electrons. The fraction of sp³-hybridized carbons (Fsp3) is 0.0667. The van der Waals surface area contributed by atoms with Gasteiger partial charge in [-0.15, -0.1) is 0 Å². The zero-order chi connectivity index (χ0) is 14.1. The molecule has 4 nitrogen and oxygen atoms in total. The van der Waals surface area contributed by atoms with Gasteiger partial charge in [0.15, 0.2) is 0 Å². The summed E-state index contributed by atoms with van der Waals surface area (Å²) in [6.07, 6.45) is 1.77. The number of rotatable bonds is 2. The molecule has 0 radical (unpaired) electrons. The van der Waals surface area contributed by atoms with Gasteiger partial charge in [0.25, 0.3) is 0 Å². The summed E-state index contributed by atoms with van der Waals surface area (Å²) >= 11 is 5.77. The molecule has 0 aliphatic heterocycles. The summed E-state index contributed by atoms with van der Waals surface area (Å²) in [6.45, 7) is 2.01. The molecule has 3 rings (SSSR count). The Hall–Kier alpha value is -2.33. The molecule has 3 aromatic rings. The summed E-state index contributed by atoms with van der Waals surface area (Å²) in [5.74, 6) is 0.502. The van der Waals surface area contributed by atoms with E-state index < -0.39 is 0 Å². The van der Waals surface area contributed by atoms with Crippen molar-refractivity contribution in [2.24, 2.45) is 0 Å². The monoisotopic (exact) mass is 285 g/mol. The molecule has 1 aromatic heterocycles. The van der Waals surface area contributed by atoms with E-state index in [0.717, 1.165) is 16.5 Å². The topological polar surface area (TPSA) is 58.0 Å². The summed E-state index contributed by atoms with van der Waals surface area (Å²) in [7, 11) is 0. The Morgan fingerprint density at radius 2 is 2.05 bits per heavy atom. The van der Waals surface area contributed by atoms with Gasteiger partial charge < -0.3 is 10.4 Å². The number of hydrogen-bond acceptors (Lipinski definition) is 4. The molecule has 0 fully saturated rings. The average Bonchev–Trinajstić information content (AvgIpc) is 2.44. The lowest BCUT2D eigenvalue weighted by Crippen LogP contribution is -1.97. The Morgan fingerprint density at radius 1 is 1.20 bits per heavy atom. The minimum atomic E-state index is 0.0219. The van der Waals surface area contributed by atoms with Crippen LogP contribution in [0.5, 0.6) is 5.75 Å². The van der Waals surface area contributed by atoms with Crippen LogP contribution in [0.15, 0.2) is 42.6 Å². The minimum absolute atomic E-state index is 0.0219. The number of aryl methyl sites for hydroxylation is 1. The van der Waals surface area contributed by atoms with Crippen molar-refractivity contribution < 1.29 is 5.11 Å². The Balaban J connectivity index is 1.98. The normalized spacial score (nSPS) is 10.7. The van der Waals surface area contributed by atoms with Crippen LogP contribution >= 0.6 is 11.6 Å². The molecule has 2 aromatic carbocycles. The fourth-order valence-electron chi connectivity index (χ4n) is 1.98. The third kappa shape index (κ3) is 2.38. The van der Waals surface area contributed by atoms with Crippen LogP contribution in [0.25, 0.3) is 10.9 Å². The van der Waals surface area contributed by atoms with E-state index in [9.17, 15) is 5.11 Å². The van der Waals surface area contributed by atoms with Crippen molar-refractivity contribution in [1.29, 1.82) is 0 Å². The van der Waals surface area contributed by atoms with Crippen LogP contribution in [0.2, 0.25) is 5.02 Å². The second kappa shape index (κ2) is 4.98. The van der Waals surface area contributed by atoms with Crippen molar-refractivity contribution in [1.82, 2.24) is 9.97 Å². The van der Waals surface area contributed by atoms with Gasteiger partial charge in [-0.2, -0.15) is 0 Å². The first kappa shape index (κ1) is 12.7. The summed E-state index contributed by atoms with van der Waals surface area (Å²) in [4.78, 5) is 8.74. The largest absolute Gasteiger partial charge is 0.506 e. The molecule has 0 saturated heterocycles. The number of phenols is 1. The van der Waals surface area contributed by atoms with Crippen molar-refractivity contribution in [3.05, 3.63) is 53.2 Å². The Kier molecular flexibility index (Phi) is 3.16. The standard InChI is InChI=1S/C15H12ClN3O/c1-9-3-2-4-10-8-17-15(19-14(9)10)18-11-5-6-12(16)13(20)7-11/h2-8,20H,1H3,(H,17,18,19). The fourth-order valence-corrected chi connectivity index (χ4v) is 2.10. The third-order valence-corrected chi connectivity index (χ3v) is 3.33. The number of halogens is 1. The zero-order valence-electron chi connectivity index (χ0n) is 10.8. The summed E-state index contributed by atoms with van der Waals surface area (Å²) in [5.41, 5.74) is 2.68. The van der Waals surface area contributed by atoms with Crippen molar-refractivity contribution >= 4 is 34.1 Å². The van der Waals surface area contributed by atoms with Crippen molar-refractivity contribution in [3.8, 4) is 5.75 Å². The first-order valence-electron chi connectivity index (χ1n) is 6.11. The van der Waals surface area contributed by atoms with E-state index >= 15 is 0 Å². The molecule has 0 aliphatic carbocycles. The van der Waals surface area contributed by atoms with E-state index in [2.05, 4.69) is 15.3 Å². The highest BCUT2D eigenvalue weighted by Gasteiger charge is 2.04. The number of hydrogen-bond donors (Lipinski definition) is 2. The highest BCUT2D eigenvalue weighted by Crippen LogP contribution is 2.27. The van der Waals surface area contributed by atoms with Gasteiger partial charge in [-0.1, -0.05) is 29.8 Å². The maximum absolute atomic E-state index is 9.58. The highest BCUT2D eigenvalue weighted by molar-refractivity contribution is 6.32. The number of nitrogens with one attached hydrogen (secondary N) is 1. The molecule has 2 N–H and O–H groups in total. The Bertz CT molecular complexity index is 789. The van der Waals surface area contributed by atoms with E-state index in [1.807, 2.05) is 25.1 Å². The number of fused-ring (bicyclic) bond motifs is 1. The molecular weight excluding hydrogens is 274 g/mol. The first-order chi connectivity index (χ1) is 9.63. The molecule has 0 spiro atoms. The second-order valence-electron chi connectivity index (χ2n) is 4.50. The lowest BCUT2D eigenvalue weighted by molar-refractivity contribution is 0.476. The molecule has 0 saturated carbocycles. The number of nitrogens with zero attached hydrogens (tertiary/aromatic N) is 2. The van der Waals surface area contributed by atoms with E-state index in [4.69, 9.17) is 11.6 Å². The number of aromatic nitrogens is 2.